The van der Waals surface area contributed by atoms with Crippen molar-refractivity contribution in [3.63, 3.8) is 0 Å². The Kier molecular flexibility index (Phi) is 6.06. The largest absolute Gasteiger partial charge is 0.481 e. The molecule has 126 valence electrons. The maximum atomic E-state index is 12.1. The van der Waals surface area contributed by atoms with E-state index in [0.717, 1.165) is 12.1 Å². The monoisotopic (exact) mass is 325 g/mol. The predicted molar refractivity (Wildman–Crippen MR) is 80.4 cm³/mol. The lowest BCUT2D eigenvalue weighted by Gasteiger charge is -2.20. The molecule has 0 amide bonds. The third-order valence-corrected chi connectivity index (χ3v) is 2.45. The molecule has 0 fully saturated rings. The number of hydrogen-bond acceptors (Lipinski definition) is 7. The molecule has 0 atom stereocenters. The predicted octanol–water partition coefficient (Wildman–Crippen LogP) is 2.49. The normalized spacial score (nSPS) is 10.8. The highest BCUT2D eigenvalue weighted by atomic mass is 16.6. The van der Waals surface area contributed by atoms with Crippen molar-refractivity contribution in [1.82, 2.24) is 0 Å². The first kappa shape index (κ1) is 18.4. The fourth-order valence-corrected chi connectivity index (χ4v) is 1.59. The SMILES string of the molecule is CCOC(=O)COc1cc([N+](=O)[O-])ccc1C(=O)OC(C)(C)C. The van der Waals surface area contributed by atoms with Crippen molar-refractivity contribution in [1.29, 1.82) is 0 Å². The molecule has 23 heavy (non-hydrogen) atoms. The number of carbonyl (C=O) groups excluding carboxylic acids is 2. The van der Waals surface area contributed by atoms with Gasteiger partial charge in [0.15, 0.2) is 6.61 Å². The van der Waals surface area contributed by atoms with E-state index in [1.165, 1.54) is 6.07 Å². The van der Waals surface area contributed by atoms with E-state index in [4.69, 9.17) is 14.2 Å². The number of non-ortho nitro benzene ring substituents is 1. The number of rotatable bonds is 6. The second-order valence-electron chi connectivity index (χ2n) is 5.53. The van der Waals surface area contributed by atoms with Crippen molar-refractivity contribution in [3.05, 3.63) is 33.9 Å². The van der Waals surface area contributed by atoms with E-state index in [-0.39, 0.29) is 23.6 Å². The zero-order valence-corrected chi connectivity index (χ0v) is 13.5. The number of carbonyl (C=O) groups is 2. The van der Waals surface area contributed by atoms with E-state index >= 15 is 0 Å². The molecular weight excluding hydrogens is 306 g/mol. The summed E-state index contributed by atoms with van der Waals surface area (Å²) in [6.07, 6.45) is 0. The first-order valence-corrected chi connectivity index (χ1v) is 6.94. The van der Waals surface area contributed by atoms with E-state index in [0.29, 0.717) is 0 Å². The number of nitrogens with zero attached hydrogens (tertiary/aromatic N) is 1. The van der Waals surface area contributed by atoms with Crippen LogP contribution < -0.4 is 4.74 Å². The quantitative estimate of drug-likeness (QED) is 0.449. The lowest BCUT2D eigenvalue weighted by Crippen LogP contribution is -2.24. The van der Waals surface area contributed by atoms with Crippen molar-refractivity contribution in [2.75, 3.05) is 13.2 Å². The van der Waals surface area contributed by atoms with Crippen LogP contribution in [0.25, 0.3) is 0 Å². The Hall–Kier alpha value is -2.64. The highest BCUT2D eigenvalue weighted by Gasteiger charge is 2.23. The number of nitro benzene ring substituents is 1. The van der Waals surface area contributed by atoms with Crippen LogP contribution in [-0.4, -0.2) is 35.7 Å². The van der Waals surface area contributed by atoms with Gasteiger partial charge in [-0.2, -0.15) is 0 Å². The van der Waals surface area contributed by atoms with Gasteiger partial charge in [-0.3, -0.25) is 10.1 Å². The van der Waals surface area contributed by atoms with Crippen molar-refractivity contribution in [2.24, 2.45) is 0 Å². The Morgan fingerprint density at radius 3 is 2.43 bits per heavy atom. The van der Waals surface area contributed by atoms with E-state index in [1.807, 2.05) is 0 Å². The fourth-order valence-electron chi connectivity index (χ4n) is 1.59. The lowest BCUT2D eigenvalue weighted by molar-refractivity contribution is -0.384. The van der Waals surface area contributed by atoms with Gasteiger partial charge in [0.1, 0.15) is 16.9 Å². The molecule has 0 radical (unpaired) electrons. The third-order valence-electron chi connectivity index (χ3n) is 2.45. The van der Waals surface area contributed by atoms with Crippen LogP contribution in [0, 0.1) is 10.1 Å². The molecule has 0 aliphatic carbocycles. The van der Waals surface area contributed by atoms with E-state index in [2.05, 4.69) is 0 Å². The van der Waals surface area contributed by atoms with Gasteiger partial charge in [-0.15, -0.1) is 0 Å². The summed E-state index contributed by atoms with van der Waals surface area (Å²) in [5.41, 5.74) is -1.01. The molecule has 1 aromatic carbocycles. The average molecular weight is 325 g/mol. The van der Waals surface area contributed by atoms with E-state index in [9.17, 15) is 19.7 Å². The standard InChI is InChI=1S/C15H19NO7/c1-5-21-13(17)9-22-12-8-10(16(19)20)6-7-11(12)14(18)23-15(2,3)4/h6-8H,5,9H2,1-4H3. The maximum absolute atomic E-state index is 12.1. The summed E-state index contributed by atoms with van der Waals surface area (Å²) in [6, 6.07) is 3.46. The Morgan fingerprint density at radius 2 is 1.91 bits per heavy atom. The van der Waals surface area contributed by atoms with Gasteiger partial charge in [0.2, 0.25) is 0 Å². The van der Waals surface area contributed by atoms with Gasteiger partial charge in [-0.25, -0.2) is 9.59 Å². The van der Waals surface area contributed by atoms with Crippen LogP contribution in [0.15, 0.2) is 18.2 Å². The Bertz CT molecular complexity index is 604. The smallest absolute Gasteiger partial charge is 0.344 e. The summed E-state index contributed by atoms with van der Waals surface area (Å²) in [5, 5.41) is 10.8. The Balaban J connectivity index is 3.06. The van der Waals surface area contributed by atoms with Gasteiger partial charge >= 0.3 is 11.9 Å². The van der Waals surface area contributed by atoms with Crippen LogP contribution in [-0.2, 0) is 14.3 Å². The highest BCUT2D eigenvalue weighted by molar-refractivity contribution is 5.93. The second kappa shape index (κ2) is 7.57. The molecule has 0 aromatic heterocycles. The minimum atomic E-state index is -0.739. The van der Waals surface area contributed by atoms with Gasteiger partial charge in [0.25, 0.3) is 5.69 Å². The molecule has 1 aromatic rings. The number of benzene rings is 1. The van der Waals surface area contributed by atoms with E-state index in [1.54, 1.807) is 27.7 Å². The number of esters is 2. The molecule has 0 bridgehead atoms. The molecule has 0 spiro atoms. The second-order valence-corrected chi connectivity index (χ2v) is 5.53. The van der Waals surface area contributed by atoms with Crippen LogP contribution in [0.4, 0.5) is 5.69 Å². The zero-order valence-electron chi connectivity index (χ0n) is 13.5. The van der Waals surface area contributed by atoms with Crippen LogP contribution >= 0.6 is 0 Å². The van der Waals surface area contributed by atoms with Gasteiger partial charge in [-0.05, 0) is 33.8 Å². The van der Waals surface area contributed by atoms with Crippen LogP contribution in [0.5, 0.6) is 5.75 Å². The summed E-state index contributed by atoms with van der Waals surface area (Å²) < 4.78 is 15.1. The summed E-state index contributed by atoms with van der Waals surface area (Å²) in [7, 11) is 0. The lowest BCUT2D eigenvalue weighted by atomic mass is 10.1. The molecule has 8 heteroatoms. The van der Waals surface area contributed by atoms with Crippen LogP contribution in [0.3, 0.4) is 0 Å². The van der Waals surface area contributed by atoms with Gasteiger partial charge in [0, 0.05) is 6.07 Å². The first-order chi connectivity index (χ1) is 10.6. The summed E-state index contributed by atoms with van der Waals surface area (Å²) in [6.45, 7) is 6.42. The van der Waals surface area contributed by atoms with Gasteiger partial charge < -0.3 is 14.2 Å². The van der Waals surface area contributed by atoms with Crippen molar-refractivity contribution < 1.29 is 28.7 Å². The molecule has 0 saturated carbocycles. The molecule has 0 N–H and O–H groups in total. The molecule has 0 heterocycles. The minimum absolute atomic E-state index is 0.00479. The van der Waals surface area contributed by atoms with Crippen molar-refractivity contribution in [3.8, 4) is 5.75 Å². The van der Waals surface area contributed by atoms with Crippen LogP contribution in [0.2, 0.25) is 0 Å². The van der Waals surface area contributed by atoms with Crippen LogP contribution in [0.1, 0.15) is 38.1 Å². The molecule has 1 rings (SSSR count). The third kappa shape index (κ3) is 5.93. The summed E-state index contributed by atoms with van der Waals surface area (Å²) >= 11 is 0. The molecule has 0 saturated heterocycles. The zero-order chi connectivity index (χ0) is 17.6. The topological polar surface area (TPSA) is 105 Å². The Morgan fingerprint density at radius 1 is 1.26 bits per heavy atom. The number of hydrogen-bond donors (Lipinski definition) is 0. The Labute approximate surface area is 133 Å². The van der Waals surface area contributed by atoms with Crippen molar-refractivity contribution in [2.45, 2.75) is 33.3 Å². The molecule has 0 aliphatic rings. The molecular formula is C15H19NO7. The molecule has 0 aliphatic heterocycles. The van der Waals surface area contributed by atoms with Gasteiger partial charge in [-0.1, -0.05) is 0 Å². The van der Waals surface area contributed by atoms with E-state index < -0.39 is 29.1 Å². The fraction of sp³-hybridized carbons (Fsp3) is 0.467. The summed E-state index contributed by atoms with van der Waals surface area (Å²) in [4.78, 5) is 33.7. The molecule has 8 nitrogen and oxygen atoms in total. The molecule has 0 unspecified atom stereocenters. The average Bonchev–Trinajstić information content (AvgIpc) is 2.43. The minimum Gasteiger partial charge on any atom is -0.481 e. The maximum Gasteiger partial charge on any atom is 0.344 e. The number of nitro groups is 1. The van der Waals surface area contributed by atoms with Crippen molar-refractivity contribution >= 4 is 17.6 Å². The number of ether oxygens (including phenoxy) is 3. The first-order valence-electron chi connectivity index (χ1n) is 6.94. The summed E-state index contributed by atoms with van der Waals surface area (Å²) in [5.74, 6) is -1.46. The van der Waals surface area contributed by atoms with Gasteiger partial charge in [0.05, 0.1) is 17.6 Å². The highest BCUT2D eigenvalue weighted by Crippen LogP contribution is 2.27.